The molecule has 3 nitrogen and oxygen atoms in total. The van der Waals surface area contributed by atoms with Crippen LogP contribution in [-0.2, 0) is 6.42 Å². The first-order chi connectivity index (χ1) is 9.17. The molecule has 0 saturated carbocycles. The highest BCUT2D eigenvalue weighted by Gasteiger charge is 2.02. The van der Waals surface area contributed by atoms with Gasteiger partial charge in [0, 0.05) is 24.1 Å². The molecule has 0 aromatic heterocycles. The van der Waals surface area contributed by atoms with Crippen LogP contribution in [0.2, 0.25) is 0 Å². The van der Waals surface area contributed by atoms with Crippen LogP contribution < -0.4 is 10.6 Å². The molecule has 0 bridgehead atoms. The van der Waals surface area contributed by atoms with E-state index in [-0.39, 0.29) is 29.8 Å². The third kappa shape index (κ3) is 7.42. The first kappa shape index (κ1) is 19.6. The van der Waals surface area contributed by atoms with Crippen LogP contribution in [0.3, 0.4) is 0 Å². The van der Waals surface area contributed by atoms with E-state index < -0.39 is 0 Å². The van der Waals surface area contributed by atoms with Gasteiger partial charge in [0.25, 0.3) is 0 Å². The SMILES string of the molecule is CCNC(=NCCCc1ccc(Br)cc1F)NCC.I. The highest BCUT2D eigenvalue weighted by atomic mass is 127. The fourth-order valence-electron chi connectivity index (χ4n) is 1.69. The van der Waals surface area contributed by atoms with E-state index in [4.69, 9.17) is 0 Å². The Labute approximate surface area is 146 Å². The normalized spacial score (nSPS) is 9.60. The number of guanidine groups is 1. The van der Waals surface area contributed by atoms with Crippen LogP contribution in [0.25, 0.3) is 0 Å². The van der Waals surface area contributed by atoms with Gasteiger partial charge in [-0.1, -0.05) is 22.0 Å². The molecule has 0 aliphatic carbocycles. The smallest absolute Gasteiger partial charge is 0.191 e. The maximum absolute atomic E-state index is 13.6. The van der Waals surface area contributed by atoms with Crippen LogP contribution in [0, 0.1) is 5.82 Å². The summed E-state index contributed by atoms with van der Waals surface area (Å²) >= 11 is 3.25. The number of benzene rings is 1. The Morgan fingerprint density at radius 1 is 1.25 bits per heavy atom. The van der Waals surface area contributed by atoms with Crippen molar-refractivity contribution >= 4 is 45.9 Å². The zero-order valence-corrected chi connectivity index (χ0v) is 15.8. The van der Waals surface area contributed by atoms with Crippen molar-refractivity contribution in [2.75, 3.05) is 19.6 Å². The summed E-state index contributed by atoms with van der Waals surface area (Å²) < 4.78 is 14.4. The molecule has 0 amide bonds. The van der Waals surface area contributed by atoms with E-state index in [9.17, 15) is 4.39 Å². The molecule has 2 N–H and O–H groups in total. The first-order valence-corrected chi connectivity index (χ1v) is 7.42. The molecule has 6 heteroatoms. The molecule has 1 rings (SSSR count). The third-order valence-electron chi connectivity index (χ3n) is 2.58. The maximum Gasteiger partial charge on any atom is 0.191 e. The van der Waals surface area contributed by atoms with Crippen molar-refractivity contribution in [1.82, 2.24) is 10.6 Å². The van der Waals surface area contributed by atoms with Crippen molar-refractivity contribution < 1.29 is 4.39 Å². The van der Waals surface area contributed by atoms with Crippen LogP contribution in [0.5, 0.6) is 0 Å². The predicted octanol–water partition coefficient (Wildman–Crippen LogP) is 3.71. The van der Waals surface area contributed by atoms with Crippen LogP contribution in [0.1, 0.15) is 25.8 Å². The zero-order valence-electron chi connectivity index (χ0n) is 11.9. The predicted molar refractivity (Wildman–Crippen MR) is 97.5 cm³/mol. The minimum absolute atomic E-state index is 0. The number of hydrogen-bond acceptors (Lipinski definition) is 1. The fraction of sp³-hybridized carbons (Fsp3) is 0.500. The highest BCUT2D eigenvalue weighted by molar-refractivity contribution is 14.0. The van der Waals surface area contributed by atoms with Gasteiger partial charge in [-0.05, 0) is 44.4 Å². The molecule has 0 heterocycles. The molecule has 0 spiro atoms. The number of nitrogens with one attached hydrogen (secondary N) is 2. The van der Waals surface area contributed by atoms with E-state index in [1.807, 2.05) is 26.0 Å². The topological polar surface area (TPSA) is 36.4 Å². The van der Waals surface area contributed by atoms with Crippen molar-refractivity contribution in [3.8, 4) is 0 Å². The second-order valence-corrected chi connectivity index (χ2v) is 5.05. The maximum atomic E-state index is 13.6. The molecule has 0 aliphatic heterocycles. The van der Waals surface area contributed by atoms with Gasteiger partial charge < -0.3 is 10.6 Å². The highest BCUT2D eigenvalue weighted by Crippen LogP contribution is 2.16. The van der Waals surface area contributed by atoms with E-state index in [0.717, 1.165) is 35.5 Å². The summed E-state index contributed by atoms with van der Waals surface area (Å²) in [6, 6.07) is 5.18. The Hall–Kier alpha value is -0.370. The molecule has 0 atom stereocenters. The Bertz CT molecular complexity index is 419. The van der Waals surface area contributed by atoms with Crippen LogP contribution in [0.4, 0.5) is 4.39 Å². The first-order valence-electron chi connectivity index (χ1n) is 6.63. The Morgan fingerprint density at radius 3 is 2.45 bits per heavy atom. The molecule has 20 heavy (non-hydrogen) atoms. The number of halogens is 3. The van der Waals surface area contributed by atoms with Gasteiger partial charge in [-0.25, -0.2) is 4.39 Å². The molecule has 114 valence electrons. The van der Waals surface area contributed by atoms with Crippen molar-refractivity contribution in [3.05, 3.63) is 34.1 Å². The molecule has 0 aliphatic rings. The molecule has 0 saturated heterocycles. The summed E-state index contributed by atoms with van der Waals surface area (Å²) in [7, 11) is 0. The second kappa shape index (κ2) is 11.3. The van der Waals surface area contributed by atoms with Gasteiger partial charge in [0.2, 0.25) is 0 Å². The fourth-order valence-corrected chi connectivity index (χ4v) is 2.03. The van der Waals surface area contributed by atoms with E-state index in [1.54, 1.807) is 0 Å². The quantitative estimate of drug-likeness (QED) is 0.295. The minimum Gasteiger partial charge on any atom is -0.357 e. The molecule has 1 aromatic carbocycles. The second-order valence-electron chi connectivity index (χ2n) is 4.13. The summed E-state index contributed by atoms with van der Waals surface area (Å²) in [6.07, 6.45) is 1.53. The lowest BCUT2D eigenvalue weighted by atomic mass is 10.1. The minimum atomic E-state index is -0.156. The largest absolute Gasteiger partial charge is 0.357 e. The van der Waals surface area contributed by atoms with Crippen molar-refractivity contribution in [1.29, 1.82) is 0 Å². The zero-order chi connectivity index (χ0) is 14.1. The van der Waals surface area contributed by atoms with Gasteiger partial charge in [0.15, 0.2) is 5.96 Å². The van der Waals surface area contributed by atoms with Gasteiger partial charge in [-0.15, -0.1) is 24.0 Å². The van der Waals surface area contributed by atoms with E-state index in [2.05, 4.69) is 31.6 Å². The van der Waals surface area contributed by atoms with Gasteiger partial charge >= 0.3 is 0 Å². The third-order valence-corrected chi connectivity index (χ3v) is 3.07. The van der Waals surface area contributed by atoms with Gasteiger partial charge in [-0.3, -0.25) is 4.99 Å². The van der Waals surface area contributed by atoms with E-state index in [0.29, 0.717) is 13.0 Å². The molecule has 0 fully saturated rings. The number of nitrogens with zero attached hydrogens (tertiary/aromatic N) is 1. The summed E-state index contributed by atoms with van der Waals surface area (Å²) in [4.78, 5) is 4.43. The van der Waals surface area contributed by atoms with Crippen molar-refractivity contribution in [2.45, 2.75) is 26.7 Å². The lowest BCUT2D eigenvalue weighted by Crippen LogP contribution is -2.37. The van der Waals surface area contributed by atoms with Crippen LogP contribution >= 0.6 is 39.9 Å². The average molecular weight is 458 g/mol. The lowest BCUT2D eigenvalue weighted by molar-refractivity contribution is 0.604. The molecular formula is C14H22BrFIN3. The Kier molecular flexibility index (Phi) is 11.1. The average Bonchev–Trinajstić information content (AvgIpc) is 2.37. The van der Waals surface area contributed by atoms with Crippen LogP contribution in [0.15, 0.2) is 27.7 Å². The van der Waals surface area contributed by atoms with Crippen molar-refractivity contribution in [3.63, 3.8) is 0 Å². The Morgan fingerprint density at radius 2 is 1.90 bits per heavy atom. The van der Waals surface area contributed by atoms with Crippen molar-refractivity contribution in [2.24, 2.45) is 4.99 Å². The lowest BCUT2D eigenvalue weighted by Gasteiger charge is -2.09. The summed E-state index contributed by atoms with van der Waals surface area (Å²) in [6.45, 7) is 6.43. The van der Waals surface area contributed by atoms with Gasteiger partial charge in [0.05, 0.1) is 0 Å². The number of aryl methyl sites for hydroxylation is 1. The van der Waals surface area contributed by atoms with Gasteiger partial charge in [0.1, 0.15) is 5.82 Å². The molecular weight excluding hydrogens is 436 g/mol. The summed E-state index contributed by atoms with van der Waals surface area (Å²) in [5, 5.41) is 6.32. The number of aliphatic imine (C=N–C) groups is 1. The standard InChI is InChI=1S/C14H21BrFN3.HI/c1-3-17-14(18-4-2)19-9-5-6-11-7-8-12(15)10-13(11)16;/h7-8,10H,3-6,9H2,1-2H3,(H2,17,18,19);1H. The molecule has 0 radical (unpaired) electrons. The molecule has 1 aromatic rings. The Balaban J connectivity index is 0.00000361. The van der Waals surface area contributed by atoms with Crippen LogP contribution in [-0.4, -0.2) is 25.6 Å². The van der Waals surface area contributed by atoms with Gasteiger partial charge in [-0.2, -0.15) is 0 Å². The molecule has 0 unspecified atom stereocenters. The number of hydrogen-bond donors (Lipinski definition) is 2. The monoisotopic (exact) mass is 457 g/mol. The summed E-state index contributed by atoms with van der Waals surface area (Å²) in [5.74, 6) is 0.665. The van der Waals surface area contributed by atoms with E-state index in [1.165, 1.54) is 6.07 Å². The number of rotatable bonds is 6. The summed E-state index contributed by atoms with van der Waals surface area (Å²) in [5.41, 5.74) is 0.742. The van der Waals surface area contributed by atoms with E-state index >= 15 is 0 Å².